The Balaban J connectivity index is 1.95. The minimum absolute atomic E-state index is 0.0160. The molecule has 21 heavy (non-hydrogen) atoms. The van der Waals surface area contributed by atoms with Crippen molar-refractivity contribution in [3.05, 3.63) is 23.7 Å². The molecule has 1 aliphatic rings. The predicted molar refractivity (Wildman–Crippen MR) is 84.5 cm³/mol. The molecule has 2 rings (SSSR count). The van der Waals surface area contributed by atoms with Gasteiger partial charge in [-0.1, -0.05) is 12.8 Å². The normalized spacial score (nSPS) is 17.0. The van der Waals surface area contributed by atoms with E-state index < -0.39 is 0 Å². The molecule has 2 heterocycles. The van der Waals surface area contributed by atoms with E-state index in [1.807, 2.05) is 17.9 Å². The van der Waals surface area contributed by atoms with Crippen molar-refractivity contribution in [1.29, 1.82) is 0 Å². The van der Waals surface area contributed by atoms with Crippen LogP contribution < -0.4 is 0 Å². The highest BCUT2D eigenvalue weighted by atomic mass is 16.3. The molecular formula is C17H28N2O2. The van der Waals surface area contributed by atoms with Gasteiger partial charge >= 0.3 is 0 Å². The smallest absolute Gasteiger partial charge is 0.290 e. The molecule has 0 aliphatic carbocycles. The number of carbonyl (C=O) groups is 1. The van der Waals surface area contributed by atoms with Crippen LogP contribution >= 0.6 is 0 Å². The maximum absolute atomic E-state index is 12.6. The maximum Gasteiger partial charge on any atom is 0.290 e. The van der Waals surface area contributed by atoms with Gasteiger partial charge in [0.2, 0.25) is 0 Å². The Hall–Kier alpha value is -1.29. The van der Waals surface area contributed by atoms with E-state index in [-0.39, 0.29) is 11.9 Å². The number of furan rings is 1. The lowest BCUT2D eigenvalue weighted by atomic mass is 10.2. The van der Waals surface area contributed by atoms with Crippen LogP contribution in [0.25, 0.3) is 0 Å². The zero-order chi connectivity index (χ0) is 15.2. The van der Waals surface area contributed by atoms with Crippen LogP contribution in [0, 0.1) is 6.92 Å². The van der Waals surface area contributed by atoms with E-state index in [1.165, 1.54) is 38.8 Å². The number of nitrogens with zero attached hydrogens (tertiary/aromatic N) is 2. The summed E-state index contributed by atoms with van der Waals surface area (Å²) >= 11 is 0. The van der Waals surface area contributed by atoms with Gasteiger partial charge in [0.25, 0.3) is 5.91 Å². The Morgan fingerprint density at radius 2 is 1.95 bits per heavy atom. The summed E-state index contributed by atoms with van der Waals surface area (Å²) in [5.74, 6) is 0.502. The molecule has 1 aromatic heterocycles. The van der Waals surface area contributed by atoms with Gasteiger partial charge in [-0.25, -0.2) is 0 Å². The SMILES string of the molecule is Cc1ccoc1C(=O)N(CCN1CCCCCC1)C(C)C. The fourth-order valence-corrected chi connectivity index (χ4v) is 2.93. The molecule has 1 aromatic rings. The summed E-state index contributed by atoms with van der Waals surface area (Å²) in [7, 11) is 0. The lowest BCUT2D eigenvalue weighted by molar-refractivity contribution is 0.0648. The molecule has 0 bridgehead atoms. The first-order valence-corrected chi connectivity index (χ1v) is 8.17. The second-order valence-electron chi connectivity index (χ2n) is 6.28. The Morgan fingerprint density at radius 3 is 2.48 bits per heavy atom. The molecule has 0 saturated carbocycles. The number of carbonyl (C=O) groups excluding carboxylic acids is 1. The summed E-state index contributed by atoms with van der Waals surface area (Å²) < 4.78 is 5.36. The molecule has 1 saturated heterocycles. The van der Waals surface area contributed by atoms with Crippen molar-refractivity contribution in [3.63, 3.8) is 0 Å². The van der Waals surface area contributed by atoms with Crippen molar-refractivity contribution >= 4 is 5.91 Å². The maximum atomic E-state index is 12.6. The molecule has 0 N–H and O–H groups in total. The number of amides is 1. The standard InChI is InChI=1S/C17H28N2O2/c1-14(2)19(17(20)16-15(3)8-13-21-16)12-11-18-9-6-4-5-7-10-18/h8,13-14H,4-7,9-12H2,1-3H3. The Bertz CT molecular complexity index is 445. The molecule has 1 amide bonds. The predicted octanol–water partition coefficient (Wildman–Crippen LogP) is 3.31. The summed E-state index contributed by atoms with van der Waals surface area (Å²) in [6, 6.07) is 2.04. The number of likely N-dealkylation sites (tertiary alicyclic amines) is 1. The average molecular weight is 292 g/mol. The second kappa shape index (κ2) is 7.64. The van der Waals surface area contributed by atoms with Crippen molar-refractivity contribution < 1.29 is 9.21 Å². The summed E-state index contributed by atoms with van der Waals surface area (Å²) in [4.78, 5) is 17.0. The molecule has 4 heteroatoms. The van der Waals surface area contributed by atoms with Gasteiger partial charge in [-0.05, 0) is 52.8 Å². The third kappa shape index (κ3) is 4.34. The van der Waals surface area contributed by atoms with Gasteiger partial charge in [0.1, 0.15) is 0 Å². The van der Waals surface area contributed by atoms with Crippen molar-refractivity contribution in [2.45, 2.75) is 52.5 Å². The average Bonchev–Trinajstić information content (AvgIpc) is 2.72. The van der Waals surface area contributed by atoms with Crippen LogP contribution in [0.3, 0.4) is 0 Å². The van der Waals surface area contributed by atoms with Gasteiger partial charge in [0.05, 0.1) is 6.26 Å². The van der Waals surface area contributed by atoms with Crippen LogP contribution in [-0.4, -0.2) is 47.9 Å². The fraction of sp³-hybridized carbons (Fsp3) is 0.706. The first-order chi connectivity index (χ1) is 10.1. The van der Waals surface area contributed by atoms with Gasteiger partial charge < -0.3 is 14.2 Å². The van der Waals surface area contributed by atoms with Gasteiger partial charge in [-0.3, -0.25) is 4.79 Å². The van der Waals surface area contributed by atoms with E-state index in [1.54, 1.807) is 6.26 Å². The second-order valence-corrected chi connectivity index (χ2v) is 6.28. The number of hydrogen-bond donors (Lipinski definition) is 0. The zero-order valence-corrected chi connectivity index (χ0v) is 13.6. The summed E-state index contributed by atoms with van der Waals surface area (Å²) in [6.45, 7) is 10.1. The number of hydrogen-bond acceptors (Lipinski definition) is 3. The van der Waals surface area contributed by atoms with E-state index in [0.717, 1.165) is 18.7 Å². The van der Waals surface area contributed by atoms with Crippen LogP contribution in [0.5, 0.6) is 0 Å². The van der Waals surface area contributed by atoms with Crippen LogP contribution in [0.1, 0.15) is 55.6 Å². The van der Waals surface area contributed by atoms with E-state index in [9.17, 15) is 4.79 Å². The lowest BCUT2D eigenvalue weighted by Gasteiger charge is -2.29. The topological polar surface area (TPSA) is 36.7 Å². The summed E-state index contributed by atoms with van der Waals surface area (Å²) in [5, 5.41) is 0. The van der Waals surface area contributed by atoms with Crippen LogP contribution in [0.15, 0.2) is 16.7 Å². The van der Waals surface area contributed by atoms with Gasteiger partial charge in [-0.15, -0.1) is 0 Å². The Labute approximate surface area is 128 Å². The highest BCUT2D eigenvalue weighted by Gasteiger charge is 2.23. The minimum atomic E-state index is 0.0160. The van der Waals surface area contributed by atoms with Gasteiger partial charge in [0, 0.05) is 24.7 Å². The first kappa shape index (κ1) is 16.1. The molecule has 0 unspecified atom stereocenters. The highest BCUT2D eigenvalue weighted by Crippen LogP contribution is 2.15. The molecule has 0 aromatic carbocycles. The summed E-state index contributed by atoms with van der Waals surface area (Å²) in [5.41, 5.74) is 0.917. The van der Waals surface area contributed by atoms with E-state index in [4.69, 9.17) is 4.42 Å². The van der Waals surface area contributed by atoms with E-state index >= 15 is 0 Å². The summed E-state index contributed by atoms with van der Waals surface area (Å²) in [6.07, 6.45) is 6.85. The molecule has 1 aliphatic heterocycles. The lowest BCUT2D eigenvalue weighted by Crippen LogP contribution is -2.42. The van der Waals surface area contributed by atoms with Crippen molar-refractivity contribution in [1.82, 2.24) is 9.80 Å². The van der Waals surface area contributed by atoms with E-state index in [0.29, 0.717) is 5.76 Å². The van der Waals surface area contributed by atoms with Crippen LogP contribution in [0.4, 0.5) is 0 Å². The number of rotatable bonds is 5. The van der Waals surface area contributed by atoms with Crippen molar-refractivity contribution in [3.8, 4) is 0 Å². The Morgan fingerprint density at radius 1 is 1.29 bits per heavy atom. The monoisotopic (exact) mass is 292 g/mol. The Kier molecular flexibility index (Phi) is 5.85. The largest absolute Gasteiger partial charge is 0.459 e. The molecule has 118 valence electrons. The first-order valence-electron chi connectivity index (χ1n) is 8.17. The van der Waals surface area contributed by atoms with Gasteiger partial charge in [0.15, 0.2) is 5.76 Å². The third-order valence-electron chi connectivity index (χ3n) is 4.30. The zero-order valence-electron chi connectivity index (χ0n) is 13.6. The minimum Gasteiger partial charge on any atom is -0.459 e. The molecular weight excluding hydrogens is 264 g/mol. The van der Waals surface area contributed by atoms with Crippen LogP contribution in [-0.2, 0) is 0 Å². The van der Waals surface area contributed by atoms with Crippen molar-refractivity contribution in [2.75, 3.05) is 26.2 Å². The molecule has 4 nitrogen and oxygen atoms in total. The number of aryl methyl sites for hydroxylation is 1. The molecule has 0 spiro atoms. The molecule has 0 radical (unpaired) electrons. The van der Waals surface area contributed by atoms with Gasteiger partial charge in [-0.2, -0.15) is 0 Å². The molecule has 1 fully saturated rings. The quantitative estimate of drug-likeness (QED) is 0.835. The highest BCUT2D eigenvalue weighted by molar-refractivity contribution is 5.93. The third-order valence-corrected chi connectivity index (χ3v) is 4.30. The van der Waals surface area contributed by atoms with Crippen LogP contribution in [0.2, 0.25) is 0 Å². The fourth-order valence-electron chi connectivity index (χ4n) is 2.93. The van der Waals surface area contributed by atoms with E-state index in [2.05, 4.69) is 18.7 Å². The van der Waals surface area contributed by atoms with Crippen molar-refractivity contribution in [2.24, 2.45) is 0 Å². The molecule has 0 atom stereocenters.